The summed E-state index contributed by atoms with van der Waals surface area (Å²) in [5.41, 5.74) is 6.08. The third kappa shape index (κ3) is 3.62. The van der Waals surface area contributed by atoms with Crippen molar-refractivity contribution < 1.29 is 14.3 Å². The van der Waals surface area contributed by atoms with E-state index >= 15 is 0 Å². The molecule has 5 rings (SSSR count). The van der Waals surface area contributed by atoms with Crippen LogP contribution in [0.1, 0.15) is 53.5 Å². The minimum Gasteiger partial charge on any atom is -0.486 e. The molecule has 0 bridgehead atoms. The molecule has 7 nitrogen and oxygen atoms in total. The van der Waals surface area contributed by atoms with Crippen molar-refractivity contribution in [2.75, 3.05) is 19.8 Å². The Morgan fingerprint density at radius 2 is 1.94 bits per heavy atom. The Hall–Kier alpha value is -3.09. The van der Waals surface area contributed by atoms with Gasteiger partial charge in [0.1, 0.15) is 13.2 Å². The maximum atomic E-state index is 13.2. The van der Waals surface area contributed by atoms with Crippen molar-refractivity contribution >= 4 is 11.6 Å². The van der Waals surface area contributed by atoms with Crippen LogP contribution in [0.25, 0.3) is 5.65 Å². The van der Waals surface area contributed by atoms with Crippen LogP contribution in [0, 0.1) is 20.8 Å². The topological polar surface area (TPSA) is 69.0 Å². The molecule has 2 aliphatic heterocycles. The predicted octanol–water partition coefficient (Wildman–Crippen LogP) is 3.72. The molecule has 162 valence electrons. The van der Waals surface area contributed by atoms with Crippen molar-refractivity contribution in [3.05, 3.63) is 52.5 Å². The second-order valence-corrected chi connectivity index (χ2v) is 8.47. The maximum absolute atomic E-state index is 13.2. The zero-order valence-electron chi connectivity index (χ0n) is 18.4. The molecule has 0 spiro atoms. The molecule has 1 atom stereocenters. The fourth-order valence-corrected chi connectivity index (χ4v) is 4.86. The summed E-state index contributed by atoms with van der Waals surface area (Å²) in [7, 11) is 0. The van der Waals surface area contributed by atoms with E-state index in [2.05, 4.69) is 23.1 Å². The highest BCUT2D eigenvalue weighted by Crippen LogP contribution is 2.38. The van der Waals surface area contributed by atoms with E-state index < -0.39 is 0 Å². The number of aryl methyl sites for hydroxylation is 3. The first-order valence-corrected chi connectivity index (χ1v) is 11.0. The fraction of sp³-hybridized carbons (Fsp3) is 0.458. The van der Waals surface area contributed by atoms with E-state index in [0.29, 0.717) is 26.1 Å². The Morgan fingerprint density at radius 3 is 2.77 bits per heavy atom. The first-order valence-electron chi connectivity index (χ1n) is 11.0. The van der Waals surface area contributed by atoms with Crippen LogP contribution in [0.4, 0.5) is 0 Å². The molecule has 2 aromatic heterocycles. The molecule has 7 heteroatoms. The van der Waals surface area contributed by atoms with Gasteiger partial charge in [-0.3, -0.25) is 4.79 Å². The van der Waals surface area contributed by atoms with E-state index in [1.165, 1.54) is 0 Å². The van der Waals surface area contributed by atoms with Crippen molar-refractivity contribution in [3.8, 4) is 11.5 Å². The summed E-state index contributed by atoms with van der Waals surface area (Å²) in [4.78, 5) is 19.9. The van der Waals surface area contributed by atoms with Gasteiger partial charge in [-0.15, -0.1) is 0 Å². The quantitative estimate of drug-likeness (QED) is 0.643. The van der Waals surface area contributed by atoms with Crippen LogP contribution >= 0.6 is 0 Å². The fourth-order valence-electron chi connectivity index (χ4n) is 4.86. The van der Waals surface area contributed by atoms with Gasteiger partial charge in [-0.25, -0.2) is 9.50 Å². The van der Waals surface area contributed by atoms with E-state index in [1.807, 2.05) is 41.5 Å². The van der Waals surface area contributed by atoms with Crippen molar-refractivity contribution in [1.82, 2.24) is 19.5 Å². The van der Waals surface area contributed by atoms with E-state index in [1.54, 1.807) is 0 Å². The van der Waals surface area contributed by atoms with Gasteiger partial charge in [0.2, 0.25) is 5.91 Å². The summed E-state index contributed by atoms with van der Waals surface area (Å²) in [5.74, 6) is 1.75. The first kappa shape index (κ1) is 19.8. The highest BCUT2D eigenvalue weighted by atomic mass is 16.6. The second kappa shape index (κ2) is 7.87. The van der Waals surface area contributed by atoms with Gasteiger partial charge < -0.3 is 14.4 Å². The van der Waals surface area contributed by atoms with Gasteiger partial charge in [-0.05, 0) is 63.3 Å². The third-order valence-corrected chi connectivity index (χ3v) is 6.40. The number of rotatable bonds is 4. The van der Waals surface area contributed by atoms with Crippen molar-refractivity contribution in [1.29, 1.82) is 0 Å². The molecule has 0 aliphatic carbocycles. The maximum Gasteiger partial charge on any atom is 0.223 e. The van der Waals surface area contributed by atoms with E-state index in [0.717, 1.165) is 64.7 Å². The molecule has 1 amide bonds. The molecule has 3 aromatic rings. The summed E-state index contributed by atoms with van der Waals surface area (Å²) in [6, 6.07) is 8.15. The number of fused-ring (bicyclic) bond motifs is 2. The van der Waals surface area contributed by atoms with Crippen molar-refractivity contribution in [2.24, 2.45) is 0 Å². The Kier molecular flexibility index (Phi) is 5.04. The summed E-state index contributed by atoms with van der Waals surface area (Å²) >= 11 is 0. The average molecular weight is 421 g/mol. The van der Waals surface area contributed by atoms with Gasteiger partial charge in [0, 0.05) is 30.4 Å². The first-order chi connectivity index (χ1) is 15.0. The van der Waals surface area contributed by atoms with Crippen LogP contribution in [0.15, 0.2) is 24.3 Å². The highest BCUT2D eigenvalue weighted by molar-refractivity contribution is 5.77. The Morgan fingerprint density at radius 1 is 1.13 bits per heavy atom. The van der Waals surface area contributed by atoms with Crippen LogP contribution in [0.3, 0.4) is 0 Å². The number of carbonyl (C=O) groups excluding carboxylic acids is 1. The number of benzene rings is 1. The average Bonchev–Trinajstić information content (AvgIpc) is 3.39. The molecule has 31 heavy (non-hydrogen) atoms. The van der Waals surface area contributed by atoms with E-state index in [-0.39, 0.29) is 11.9 Å². The van der Waals surface area contributed by atoms with Crippen molar-refractivity contribution in [2.45, 2.75) is 52.5 Å². The van der Waals surface area contributed by atoms with Gasteiger partial charge in [-0.1, -0.05) is 6.07 Å². The van der Waals surface area contributed by atoms with Gasteiger partial charge in [-0.2, -0.15) is 5.10 Å². The molecule has 1 saturated heterocycles. The molecule has 0 unspecified atom stereocenters. The number of aromatic nitrogens is 3. The molecule has 2 aliphatic rings. The lowest BCUT2D eigenvalue weighted by molar-refractivity contribution is -0.132. The number of hydrogen-bond donors (Lipinski definition) is 0. The third-order valence-electron chi connectivity index (χ3n) is 6.40. The van der Waals surface area contributed by atoms with Crippen LogP contribution in [-0.4, -0.2) is 45.2 Å². The summed E-state index contributed by atoms with van der Waals surface area (Å²) in [6.45, 7) is 7.99. The molecular weight excluding hydrogens is 392 g/mol. The van der Waals surface area contributed by atoms with Crippen molar-refractivity contribution in [3.63, 3.8) is 0 Å². The summed E-state index contributed by atoms with van der Waals surface area (Å²) in [6.07, 6.45) is 3.13. The lowest BCUT2D eigenvalue weighted by atomic mass is 10.0. The molecule has 0 N–H and O–H groups in total. The van der Waals surface area contributed by atoms with Crippen LogP contribution in [-0.2, 0) is 11.2 Å². The number of ether oxygens (including phenoxy) is 2. The van der Waals surface area contributed by atoms with Gasteiger partial charge in [0.25, 0.3) is 0 Å². The largest absolute Gasteiger partial charge is 0.486 e. The number of amides is 1. The normalized spacial score (nSPS) is 18.0. The number of likely N-dealkylation sites (tertiary alicyclic amines) is 1. The number of hydrogen-bond acceptors (Lipinski definition) is 5. The number of carbonyl (C=O) groups is 1. The molecule has 1 fully saturated rings. The monoisotopic (exact) mass is 420 g/mol. The second-order valence-electron chi connectivity index (χ2n) is 8.47. The standard InChI is InChI=1S/C24H28N4O3/c1-15-13-23-25-16(2)19(17(3)28(23)26-15)7-9-24(29)27-10-4-5-20(27)18-6-8-21-22(14-18)31-12-11-30-21/h6,8,13-14,20H,4-5,7,9-12H2,1-3H3/t20-/m1/s1. The molecule has 4 heterocycles. The minimum absolute atomic E-state index is 0.0971. The smallest absolute Gasteiger partial charge is 0.223 e. The summed E-state index contributed by atoms with van der Waals surface area (Å²) in [5, 5.41) is 4.54. The van der Waals surface area contributed by atoms with Crippen LogP contribution in [0.2, 0.25) is 0 Å². The van der Waals surface area contributed by atoms with Gasteiger partial charge in [0.05, 0.1) is 11.7 Å². The minimum atomic E-state index is 0.0971. The van der Waals surface area contributed by atoms with Crippen LogP contribution in [0.5, 0.6) is 11.5 Å². The highest BCUT2D eigenvalue weighted by Gasteiger charge is 2.31. The lowest BCUT2D eigenvalue weighted by Crippen LogP contribution is -2.31. The predicted molar refractivity (Wildman–Crippen MR) is 117 cm³/mol. The van der Waals surface area contributed by atoms with Crippen LogP contribution < -0.4 is 9.47 Å². The molecule has 0 radical (unpaired) electrons. The Labute approximate surface area is 182 Å². The van der Waals surface area contributed by atoms with Gasteiger partial charge in [0.15, 0.2) is 17.1 Å². The zero-order valence-corrected chi connectivity index (χ0v) is 18.4. The number of nitrogens with zero attached hydrogens (tertiary/aromatic N) is 4. The Balaban J connectivity index is 1.33. The molecule has 1 aromatic carbocycles. The SMILES string of the molecule is Cc1cc2nc(C)c(CCC(=O)N3CCC[C@@H]3c3ccc4c(c3)OCCO4)c(C)n2n1. The van der Waals surface area contributed by atoms with E-state index in [9.17, 15) is 4.79 Å². The Bertz CT molecular complexity index is 1150. The van der Waals surface area contributed by atoms with Gasteiger partial charge >= 0.3 is 0 Å². The molecular formula is C24H28N4O3. The lowest BCUT2D eigenvalue weighted by Gasteiger charge is -2.27. The zero-order chi connectivity index (χ0) is 21.5. The molecule has 0 saturated carbocycles. The van der Waals surface area contributed by atoms with E-state index in [4.69, 9.17) is 9.47 Å². The summed E-state index contributed by atoms with van der Waals surface area (Å²) < 4.78 is 13.3.